The van der Waals surface area contributed by atoms with Crippen LogP contribution in [0.15, 0.2) is 54.7 Å². The molecule has 1 aromatic carbocycles. The zero-order valence-corrected chi connectivity index (χ0v) is 18.3. The Morgan fingerprint density at radius 3 is 2.82 bits per heavy atom. The number of thiophene rings is 1. The number of fused-ring (bicyclic) bond motifs is 1. The molecule has 0 saturated heterocycles. The van der Waals surface area contributed by atoms with Gasteiger partial charge in [-0.15, -0.1) is 11.3 Å². The highest BCUT2D eigenvalue weighted by molar-refractivity contribution is 9.10. The maximum atomic E-state index is 12.8. The predicted molar refractivity (Wildman–Crippen MR) is 116 cm³/mol. The van der Waals surface area contributed by atoms with Crippen molar-refractivity contribution in [1.29, 1.82) is 0 Å². The molecule has 6 nitrogen and oxygen atoms in total. The lowest BCUT2D eigenvalue weighted by Crippen LogP contribution is -2.22. The van der Waals surface area contributed by atoms with Crippen LogP contribution >= 0.6 is 39.0 Å². The predicted octanol–water partition coefficient (Wildman–Crippen LogP) is 5.36. The molecular formula is C19H17BrN4O2S2. The molecule has 144 valence electrons. The first-order chi connectivity index (χ1) is 13.7. The second-order valence-corrected chi connectivity index (χ2v) is 8.92. The molecule has 3 aromatic heterocycles. The van der Waals surface area contributed by atoms with Crippen LogP contribution < -0.4 is 5.56 Å². The van der Waals surface area contributed by atoms with E-state index in [-0.39, 0.29) is 5.56 Å². The van der Waals surface area contributed by atoms with Gasteiger partial charge in [-0.1, -0.05) is 46.2 Å². The average molecular weight is 477 g/mol. The van der Waals surface area contributed by atoms with E-state index in [1.165, 1.54) is 23.1 Å². The van der Waals surface area contributed by atoms with Crippen molar-refractivity contribution < 1.29 is 4.52 Å². The van der Waals surface area contributed by atoms with E-state index in [1.54, 1.807) is 4.57 Å². The van der Waals surface area contributed by atoms with Crippen molar-refractivity contribution in [3.8, 4) is 11.4 Å². The van der Waals surface area contributed by atoms with Crippen molar-refractivity contribution in [2.24, 2.45) is 0 Å². The van der Waals surface area contributed by atoms with Crippen molar-refractivity contribution in [2.45, 2.75) is 37.2 Å². The summed E-state index contributed by atoms with van der Waals surface area (Å²) >= 11 is 6.30. The van der Waals surface area contributed by atoms with Crippen molar-refractivity contribution >= 4 is 49.2 Å². The highest BCUT2D eigenvalue weighted by Gasteiger charge is 2.15. The van der Waals surface area contributed by atoms with E-state index in [0.29, 0.717) is 33.9 Å². The average Bonchev–Trinajstić information content (AvgIpc) is 3.36. The minimum Gasteiger partial charge on any atom is -0.338 e. The Kier molecular flexibility index (Phi) is 5.93. The van der Waals surface area contributed by atoms with Gasteiger partial charge >= 0.3 is 0 Å². The molecule has 3 heterocycles. The number of benzene rings is 1. The molecule has 0 amide bonds. The number of aromatic nitrogens is 4. The molecule has 0 radical (unpaired) electrons. The lowest BCUT2D eigenvalue weighted by molar-refractivity contribution is 0.391. The molecule has 0 N–H and O–H groups in total. The topological polar surface area (TPSA) is 73.8 Å². The quantitative estimate of drug-likeness (QED) is 0.264. The molecule has 4 rings (SSSR count). The molecule has 0 fully saturated rings. The van der Waals surface area contributed by atoms with E-state index in [4.69, 9.17) is 4.52 Å². The van der Waals surface area contributed by atoms with Crippen LogP contribution in [0.2, 0.25) is 0 Å². The summed E-state index contributed by atoms with van der Waals surface area (Å²) in [6.45, 7) is 2.77. The summed E-state index contributed by atoms with van der Waals surface area (Å²) in [4.78, 5) is 22.0. The molecule has 0 saturated carbocycles. The van der Waals surface area contributed by atoms with Gasteiger partial charge in [0.1, 0.15) is 4.70 Å². The fourth-order valence-corrected chi connectivity index (χ4v) is 4.61. The first-order valence-corrected chi connectivity index (χ1v) is 11.5. The van der Waals surface area contributed by atoms with Crippen LogP contribution in [0.1, 0.15) is 25.7 Å². The third kappa shape index (κ3) is 4.06. The molecule has 0 unspecified atom stereocenters. The third-order valence-electron chi connectivity index (χ3n) is 4.16. The molecule has 4 aromatic rings. The van der Waals surface area contributed by atoms with Crippen molar-refractivity contribution in [3.63, 3.8) is 0 Å². The van der Waals surface area contributed by atoms with Crippen LogP contribution in [-0.2, 0) is 12.3 Å². The molecular weight excluding hydrogens is 460 g/mol. The van der Waals surface area contributed by atoms with E-state index < -0.39 is 0 Å². The summed E-state index contributed by atoms with van der Waals surface area (Å²) in [7, 11) is 0. The van der Waals surface area contributed by atoms with E-state index in [2.05, 4.69) is 38.0 Å². The minimum absolute atomic E-state index is 0.0250. The second kappa shape index (κ2) is 8.59. The Morgan fingerprint density at radius 2 is 2.04 bits per heavy atom. The number of thioether (sulfide) groups is 1. The normalized spacial score (nSPS) is 11.4. The lowest BCUT2D eigenvalue weighted by atomic mass is 10.2. The summed E-state index contributed by atoms with van der Waals surface area (Å²) in [5, 5.41) is 6.65. The van der Waals surface area contributed by atoms with Crippen molar-refractivity contribution in [1.82, 2.24) is 19.7 Å². The van der Waals surface area contributed by atoms with Crippen LogP contribution in [0.25, 0.3) is 21.6 Å². The standard InChI is InChI=1S/C19H17BrN4O2S2/c1-2-3-9-24-18(25)16-14(8-10-27-16)21-19(24)28-11-15-22-17(23-26-15)12-4-6-13(20)7-5-12/h4-8,10H,2-3,9,11H2,1H3. The number of unbranched alkanes of at least 4 members (excludes halogenated alkanes) is 1. The highest BCUT2D eigenvalue weighted by Crippen LogP contribution is 2.25. The van der Waals surface area contributed by atoms with Crippen LogP contribution in [0.3, 0.4) is 0 Å². The van der Waals surface area contributed by atoms with Gasteiger partial charge in [0.05, 0.1) is 11.3 Å². The summed E-state index contributed by atoms with van der Waals surface area (Å²) in [6, 6.07) is 9.62. The number of halogens is 1. The molecule has 0 bridgehead atoms. The number of rotatable bonds is 7. The molecule has 28 heavy (non-hydrogen) atoms. The molecule has 0 aliphatic carbocycles. The molecule has 9 heteroatoms. The van der Waals surface area contributed by atoms with E-state index >= 15 is 0 Å². The smallest absolute Gasteiger partial charge is 0.272 e. The first-order valence-electron chi connectivity index (χ1n) is 8.85. The van der Waals surface area contributed by atoms with E-state index in [0.717, 1.165) is 28.4 Å². The lowest BCUT2D eigenvalue weighted by Gasteiger charge is -2.10. The van der Waals surface area contributed by atoms with Gasteiger partial charge in [0.15, 0.2) is 5.16 Å². The van der Waals surface area contributed by atoms with Gasteiger partial charge in [-0.25, -0.2) is 4.98 Å². The van der Waals surface area contributed by atoms with Crippen LogP contribution in [-0.4, -0.2) is 19.7 Å². The van der Waals surface area contributed by atoms with Gasteiger partial charge in [-0.3, -0.25) is 9.36 Å². The van der Waals surface area contributed by atoms with Crippen LogP contribution in [0, 0.1) is 0 Å². The number of nitrogens with zero attached hydrogens (tertiary/aromatic N) is 4. The van der Waals surface area contributed by atoms with Gasteiger partial charge in [0.25, 0.3) is 5.56 Å². The molecule has 0 spiro atoms. The van der Waals surface area contributed by atoms with Crippen LogP contribution in [0.5, 0.6) is 0 Å². The zero-order valence-electron chi connectivity index (χ0n) is 15.1. The maximum Gasteiger partial charge on any atom is 0.272 e. The second-order valence-electron chi connectivity index (χ2n) is 6.15. The first kappa shape index (κ1) is 19.4. The Labute approximate surface area is 178 Å². The van der Waals surface area contributed by atoms with Gasteiger partial charge in [-0.05, 0) is 42.1 Å². The zero-order chi connectivity index (χ0) is 19.5. The van der Waals surface area contributed by atoms with Crippen molar-refractivity contribution in [3.05, 3.63) is 56.4 Å². The Balaban J connectivity index is 1.57. The van der Waals surface area contributed by atoms with Gasteiger partial charge < -0.3 is 4.52 Å². The molecule has 0 atom stereocenters. The van der Waals surface area contributed by atoms with Crippen molar-refractivity contribution in [2.75, 3.05) is 0 Å². The number of hydrogen-bond acceptors (Lipinski definition) is 7. The Hall–Kier alpha value is -1.97. The number of hydrogen-bond donors (Lipinski definition) is 0. The Bertz CT molecular complexity index is 1150. The largest absolute Gasteiger partial charge is 0.338 e. The van der Waals surface area contributed by atoms with Gasteiger partial charge in [0.2, 0.25) is 11.7 Å². The van der Waals surface area contributed by atoms with E-state index in [1.807, 2.05) is 35.7 Å². The minimum atomic E-state index is 0.0250. The Morgan fingerprint density at radius 1 is 1.21 bits per heavy atom. The third-order valence-corrected chi connectivity index (χ3v) is 6.54. The summed E-state index contributed by atoms with van der Waals surface area (Å²) in [5.41, 5.74) is 1.66. The monoisotopic (exact) mass is 476 g/mol. The maximum absolute atomic E-state index is 12.8. The van der Waals surface area contributed by atoms with E-state index in [9.17, 15) is 4.79 Å². The highest BCUT2D eigenvalue weighted by atomic mass is 79.9. The fraction of sp³-hybridized carbons (Fsp3) is 0.263. The summed E-state index contributed by atoms with van der Waals surface area (Å²) in [5.74, 6) is 1.51. The summed E-state index contributed by atoms with van der Waals surface area (Å²) < 4.78 is 8.85. The van der Waals surface area contributed by atoms with Crippen LogP contribution in [0.4, 0.5) is 0 Å². The molecule has 0 aliphatic rings. The summed E-state index contributed by atoms with van der Waals surface area (Å²) in [6.07, 6.45) is 1.94. The fourth-order valence-electron chi connectivity index (χ4n) is 2.70. The molecule has 0 aliphatic heterocycles. The van der Waals surface area contributed by atoms with Gasteiger partial charge in [0, 0.05) is 16.6 Å². The van der Waals surface area contributed by atoms with Gasteiger partial charge in [-0.2, -0.15) is 4.98 Å². The SMILES string of the molecule is CCCCn1c(SCc2nc(-c3ccc(Br)cc3)no2)nc2ccsc2c1=O.